The molecule has 0 aromatic carbocycles. The maximum atomic E-state index is 11.2. The van der Waals surface area contributed by atoms with E-state index in [9.17, 15) is 9.59 Å². The van der Waals surface area contributed by atoms with Crippen molar-refractivity contribution >= 4 is 11.8 Å². The summed E-state index contributed by atoms with van der Waals surface area (Å²) in [5.74, 6) is -0.747. The molecule has 0 aliphatic rings. The van der Waals surface area contributed by atoms with Crippen LogP contribution in [0.3, 0.4) is 0 Å². The van der Waals surface area contributed by atoms with Crippen molar-refractivity contribution in [3.63, 3.8) is 0 Å². The highest BCUT2D eigenvalue weighted by molar-refractivity contribution is 5.77. The zero-order chi connectivity index (χ0) is 22.5. The fraction of sp³-hybridized carbons (Fsp3) is 0.905. The molecule has 0 heterocycles. The molecule has 2 unspecified atom stereocenters. The van der Waals surface area contributed by atoms with Crippen LogP contribution in [-0.2, 0) is 9.59 Å². The summed E-state index contributed by atoms with van der Waals surface area (Å²) in [6.07, 6.45) is 2.58. The third-order valence-electron chi connectivity index (χ3n) is 4.27. The van der Waals surface area contributed by atoms with E-state index in [0.29, 0.717) is 13.1 Å². The van der Waals surface area contributed by atoms with Gasteiger partial charge in [-0.2, -0.15) is 0 Å². The Hall–Kier alpha value is -1.14. The van der Waals surface area contributed by atoms with E-state index in [2.05, 4.69) is 38.3 Å². The third kappa shape index (κ3) is 18.0. The lowest BCUT2D eigenvalue weighted by Gasteiger charge is -2.39. The zero-order valence-electron chi connectivity index (χ0n) is 19.7. The fourth-order valence-electron chi connectivity index (χ4n) is 2.39. The fourth-order valence-corrected chi connectivity index (χ4v) is 2.39. The average Bonchev–Trinajstić information content (AvgIpc) is 2.74. The maximum Gasteiger partial charge on any atom is 0.245 e. The first kappa shape index (κ1) is 33.4. The Balaban J connectivity index is -0.000000150. The van der Waals surface area contributed by atoms with E-state index in [1.807, 2.05) is 41.5 Å². The first-order valence-corrected chi connectivity index (χ1v) is 10.5. The quantitative estimate of drug-likeness (QED) is 0.448. The molecule has 0 radical (unpaired) electrons. The summed E-state index contributed by atoms with van der Waals surface area (Å²) in [5, 5.41) is 23.0. The van der Waals surface area contributed by atoms with Gasteiger partial charge >= 0.3 is 0 Å². The third-order valence-corrected chi connectivity index (χ3v) is 4.27. The second-order valence-electron chi connectivity index (χ2n) is 6.37. The van der Waals surface area contributed by atoms with E-state index in [1.165, 1.54) is 0 Å². The topological polar surface area (TPSA) is 98.7 Å². The van der Waals surface area contributed by atoms with E-state index >= 15 is 0 Å². The van der Waals surface area contributed by atoms with E-state index < -0.39 is 13.2 Å². The molecule has 2 amide bonds. The molecule has 0 aliphatic heterocycles. The Morgan fingerprint density at radius 3 is 1.19 bits per heavy atom. The summed E-state index contributed by atoms with van der Waals surface area (Å²) in [4.78, 5) is 22.4. The van der Waals surface area contributed by atoms with Gasteiger partial charge in [0.1, 0.15) is 13.2 Å². The van der Waals surface area contributed by atoms with Crippen molar-refractivity contribution in [2.75, 3.05) is 26.3 Å². The summed E-state index contributed by atoms with van der Waals surface area (Å²) in [7, 11) is 0. The molecule has 0 bridgehead atoms. The van der Waals surface area contributed by atoms with Crippen LogP contribution in [0.2, 0.25) is 0 Å². The van der Waals surface area contributed by atoms with Gasteiger partial charge in [0.05, 0.1) is 0 Å². The van der Waals surface area contributed by atoms with Gasteiger partial charge in [-0.25, -0.2) is 0 Å². The van der Waals surface area contributed by atoms with Crippen LogP contribution in [0.15, 0.2) is 0 Å². The predicted octanol–water partition coefficient (Wildman–Crippen LogP) is 4.00. The molecule has 0 aromatic heterocycles. The second-order valence-corrected chi connectivity index (χ2v) is 6.37. The summed E-state index contributed by atoms with van der Waals surface area (Å²) in [6, 6.07) is 0. The molecule has 170 valence electrons. The molecule has 0 fully saturated rings. The summed E-state index contributed by atoms with van der Waals surface area (Å²) >= 11 is 0. The molecule has 0 aliphatic carbocycles. The minimum Gasteiger partial charge on any atom is -0.387 e. The van der Waals surface area contributed by atoms with Gasteiger partial charge in [-0.05, 0) is 30.1 Å². The van der Waals surface area contributed by atoms with Gasteiger partial charge in [0.25, 0.3) is 0 Å². The standard InChI is InChI=1S/C15H30N2O4.3C2H6.2H2/c1-5-14(3,10-16-12(20)7-18)9-15(4,6-2)11-17-13(21)8-19;3*1-2;;/h18-19H,5-11H2,1-4H3,(H,16,20)(H,17,21);3*1-2H3;2*1H. The maximum absolute atomic E-state index is 11.2. The van der Waals surface area contributed by atoms with E-state index in [0.717, 1.165) is 19.3 Å². The number of hydrogen-bond donors (Lipinski definition) is 4. The Morgan fingerprint density at radius 2 is 1.00 bits per heavy atom. The summed E-state index contributed by atoms with van der Waals surface area (Å²) in [5.41, 5.74) is -0.223. The summed E-state index contributed by atoms with van der Waals surface area (Å²) in [6.45, 7) is 20.3. The number of rotatable bonds is 10. The lowest BCUT2D eigenvalue weighted by molar-refractivity contribution is -0.124. The molecule has 0 rings (SSSR count). The summed E-state index contributed by atoms with van der Waals surface area (Å²) < 4.78 is 0. The Morgan fingerprint density at radius 1 is 0.741 bits per heavy atom. The molecule has 27 heavy (non-hydrogen) atoms. The zero-order valence-corrected chi connectivity index (χ0v) is 19.7. The van der Waals surface area contributed by atoms with Crippen molar-refractivity contribution in [2.45, 2.75) is 88.5 Å². The van der Waals surface area contributed by atoms with Crippen LogP contribution in [0.4, 0.5) is 0 Å². The average molecular weight is 397 g/mol. The number of carbonyl (C=O) groups excluding carboxylic acids is 2. The SMILES string of the molecule is CC.CC.CC.CCC(C)(CNC(=O)CO)CC(C)(CC)CNC(=O)CO.[HH].[HH]. The lowest BCUT2D eigenvalue weighted by Crippen LogP contribution is -2.43. The highest BCUT2D eigenvalue weighted by Gasteiger charge is 2.33. The van der Waals surface area contributed by atoms with Crippen LogP contribution in [-0.4, -0.2) is 48.3 Å². The molecule has 4 N–H and O–H groups in total. The minimum atomic E-state index is -0.503. The lowest BCUT2D eigenvalue weighted by atomic mass is 9.70. The number of aliphatic hydroxyl groups is 2. The van der Waals surface area contributed by atoms with Gasteiger partial charge in [-0.15, -0.1) is 0 Å². The number of carbonyl (C=O) groups is 2. The van der Waals surface area contributed by atoms with Gasteiger partial charge < -0.3 is 20.8 Å². The normalized spacial score (nSPS) is 13.6. The highest BCUT2D eigenvalue weighted by atomic mass is 16.3. The molecule has 2 atom stereocenters. The largest absolute Gasteiger partial charge is 0.387 e. The molecule has 6 heteroatoms. The van der Waals surface area contributed by atoms with Crippen molar-refractivity contribution < 1.29 is 22.7 Å². The van der Waals surface area contributed by atoms with E-state index in [4.69, 9.17) is 10.2 Å². The minimum absolute atomic E-state index is 0. The van der Waals surface area contributed by atoms with Gasteiger partial charge in [-0.3, -0.25) is 9.59 Å². The molecular weight excluding hydrogens is 344 g/mol. The highest BCUT2D eigenvalue weighted by Crippen LogP contribution is 2.38. The van der Waals surface area contributed by atoms with Crippen LogP contribution in [0, 0.1) is 10.8 Å². The number of amides is 2. The molecule has 0 aromatic rings. The van der Waals surface area contributed by atoms with Crippen LogP contribution < -0.4 is 10.6 Å². The van der Waals surface area contributed by atoms with Crippen molar-refractivity contribution in [3.8, 4) is 0 Å². The first-order valence-electron chi connectivity index (χ1n) is 10.5. The number of hydrogen-bond acceptors (Lipinski definition) is 4. The first-order chi connectivity index (χ1) is 12.7. The predicted molar refractivity (Wildman–Crippen MR) is 120 cm³/mol. The molecule has 0 spiro atoms. The molecular formula is C21H52N2O4. The van der Waals surface area contributed by atoms with Crippen LogP contribution in [0.5, 0.6) is 0 Å². The Labute approximate surface area is 171 Å². The Kier molecular flexibility index (Phi) is 26.2. The van der Waals surface area contributed by atoms with E-state index in [1.54, 1.807) is 0 Å². The van der Waals surface area contributed by atoms with E-state index in [-0.39, 0.29) is 25.5 Å². The number of aliphatic hydroxyl groups excluding tert-OH is 2. The molecule has 0 saturated heterocycles. The number of nitrogens with one attached hydrogen (secondary N) is 2. The van der Waals surface area contributed by atoms with Gasteiger partial charge in [-0.1, -0.05) is 69.2 Å². The Bertz CT molecular complexity index is 330. The van der Waals surface area contributed by atoms with Gasteiger partial charge in [0, 0.05) is 15.9 Å². The molecule has 0 saturated carbocycles. The van der Waals surface area contributed by atoms with Crippen LogP contribution in [0.1, 0.15) is 91.4 Å². The van der Waals surface area contributed by atoms with Crippen LogP contribution in [0.25, 0.3) is 0 Å². The van der Waals surface area contributed by atoms with Crippen molar-refractivity contribution in [3.05, 3.63) is 0 Å². The van der Waals surface area contributed by atoms with Crippen molar-refractivity contribution in [1.82, 2.24) is 10.6 Å². The van der Waals surface area contributed by atoms with Gasteiger partial charge in [0.2, 0.25) is 11.8 Å². The van der Waals surface area contributed by atoms with Gasteiger partial charge in [0.15, 0.2) is 0 Å². The second kappa shape index (κ2) is 21.2. The van der Waals surface area contributed by atoms with Crippen molar-refractivity contribution in [2.24, 2.45) is 10.8 Å². The molecule has 6 nitrogen and oxygen atoms in total. The van der Waals surface area contributed by atoms with Crippen LogP contribution >= 0.6 is 0 Å². The smallest absolute Gasteiger partial charge is 0.245 e. The van der Waals surface area contributed by atoms with Crippen molar-refractivity contribution in [1.29, 1.82) is 0 Å². The monoisotopic (exact) mass is 396 g/mol.